The number of benzene rings is 2. The topological polar surface area (TPSA) is 114 Å². The Morgan fingerprint density at radius 2 is 1.95 bits per heavy atom. The molecule has 2 aliphatic heterocycles. The van der Waals surface area contributed by atoms with Crippen molar-refractivity contribution in [3.8, 4) is 11.5 Å². The van der Waals surface area contributed by atoms with Gasteiger partial charge in [-0.15, -0.1) is 0 Å². The van der Waals surface area contributed by atoms with Gasteiger partial charge in [-0.25, -0.2) is 4.79 Å². The zero-order valence-electron chi connectivity index (χ0n) is 21.6. The third-order valence-corrected chi connectivity index (χ3v) is 7.61. The fourth-order valence-corrected chi connectivity index (χ4v) is 5.69. The minimum Gasteiger partial charge on any atom is -0.493 e. The molecule has 1 spiro atoms. The number of ether oxygens (including phenoxy) is 3. The van der Waals surface area contributed by atoms with Gasteiger partial charge in [-0.05, 0) is 68.4 Å². The van der Waals surface area contributed by atoms with Crippen LogP contribution in [0.15, 0.2) is 48.6 Å². The first kappa shape index (κ1) is 25.8. The Hall–Kier alpha value is -3.85. The van der Waals surface area contributed by atoms with Crippen molar-refractivity contribution in [2.75, 3.05) is 26.0 Å². The van der Waals surface area contributed by atoms with Gasteiger partial charge in [0.05, 0.1) is 18.1 Å². The van der Waals surface area contributed by atoms with Gasteiger partial charge in [0.1, 0.15) is 12.2 Å². The van der Waals surface area contributed by atoms with Gasteiger partial charge in [0.2, 0.25) is 5.91 Å². The third kappa shape index (κ3) is 4.98. The molecule has 2 aromatic carbocycles. The summed E-state index contributed by atoms with van der Waals surface area (Å²) in [6.07, 6.45) is 5.67. The summed E-state index contributed by atoms with van der Waals surface area (Å²) in [6, 6.07) is 9.99. The number of nitrogens with one attached hydrogen (secondary N) is 1. The highest BCUT2D eigenvalue weighted by molar-refractivity contribution is 5.92. The van der Waals surface area contributed by atoms with Gasteiger partial charge in [-0.3, -0.25) is 9.59 Å². The molecular formula is C29H32N2O7. The molecule has 0 aromatic heterocycles. The molecular weight excluding hydrogens is 488 g/mol. The summed E-state index contributed by atoms with van der Waals surface area (Å²) in [5, 5.41) is 11.7. The highest BCUT2D eigenvalue weighted by Crippen LogP contribution is 2.55. The zero-order valence-corrected chi connectivity index (χ0v) is 21.6. The van der Waals surface area contributed by atoms with E-state index in [-0.39, 0.29) is 41.8 Å². The van der Waals surface area contributed by atoms with Crippen LogP contribution in [0.2, 0.25) is 0 Å². The molecule has 9 nitrogen and oxygen atoms in total. The van der Waals surface area contributed by atoms with Crippen molar-refractivity contribution in [3.05, 3.63) is 65.2 Å². The molecule has 3 aliphatic rings. The minimum atomic E-state index is -1.03. The first-order chi connectivity index (χ1) is 18.3. The van der Waals surface area contributed by atoms with Gasteiger partial charge in [-0.1, -0.05) is 12.1 Å². The maximum absolute atomic E-state index is 12.6. The van der Waals surface area contributed by atoms with E-state index in [4.69, 9.17) is 19.3 Å². The number of carboxylic acids is 1. The van der Waals surface area contributed by atoms with Crippen LogP contribution in [-0.2, 0) is 26.3 Å². The molecule has 2 N–H and O–H groups in total. The van der Waals surface area contributed by atoms with E-state index in [0.717, 1.165) is 31.0 Å². The van der Waals surface area contributed by atoms with E-state index in [9.17, 15) is 14.4 Å². The number of carbonyl (C=O) groups is 3. The van der Waals surface area contributed by atoms with Gasteiger partial charge in [-0.2, -0.15) is 0 Å². The summed E-state index contributed by atoms with van der Waals surface area (Å²) in [4.78, 5) is 38.0. The molecule has 2 aromatic rings. The highest BCUT2D eigenvalue weighted by Gasteiger charge is 2.53. The zero-order chi connectivity index (χ0) is 26.9. The number of aromatic carboxylic acids is 1. The van der Waals surface area contributed by atoms with Crippen LogP contribution >= 0.6 is 0 Å². The molecule has 0 bridgehead atoms. The summed E-state index contributed by atoms with van der Waals surface area (Å²) in [6.45, 7) is 1.77. The summed E-state index contributed by atoms with van der Waals surface area (Å²) in [5.74, 6) is -0.116. The Kier molecular flexibility index (Phi) is 7.12. The first-order valence-corrected chi connectivity index (χ1v) is 12.9. The van der Waals surface area contributed by atoms with Crippen LogP contribution in [0, 0.1) is 0 Å². The summed E-state index contributed by atoms with van der Waals surface area (Å²) < 4.78 is 17.8. The van der Waals surface area contributed by atoms with E-state index in [0.29, 0.717) is 18.5 Å². The average molecular weight is 521 g/mol. The average Bonchev–Trinajstić information content (AvgIpc) is 3.15. The second kappa shape index (κ2) is 10.5. The lowest BCUT2D eigenvalue weighted by molar-refractivity contribution is -0.148. The van der Waals surface area contributed by atoms with Crippen molar-refractivity contribution < 1.29 is 33.7 Å². The summed E-state index contributed by atoms with van der Waals surface area (Å²) >= 11 is 0. The number of carbonyl (C=O) groups excluding carboxylic acids is 2. The minimum absolute atomic E-state index is 0.120. The van der Waals surface area contributed by atoms with Crippen LogP contribution < -0.4 is 14.8 Å². The monoisotopic (exact) mass is 520 g/mol. The molecule has 0 fully saturated rings. The molecule has 200 valence electrons. The van der Waals surface area contributed by atoms with Crippen LogP contribution in [-0.4, -0.2) is 60.8 Å². The number of hydrogen-bond donors (Lipinski definition) is 2. The second-order valence-electron chi connectivity index (χ2n) is 10.2. The fraction of sp³-hybridized carbons (Fsp3) is 0.414. The Balaban J connectivity index is 1.16. The SMILES string of the molecule is COc1ccc2c3c1O[C@H]1C[C@@H](OC(=O)CCCC(=O)Nc4ccc(C(=O)O)cc4)C=C[C@@]31CCN(C)C2. The lowest BCUT2D eigenvalue weighted by atomic mass is 9.69. The normalized spacial score (nSPS) is 23.4. The van der Waals surface area contributed by atoms with Crippen molar-refractivity contribution >= 4 is 23.5 Å². The van der Waals surface area contributed by atoms with Gasteiger partial charge in [0.25, 0.3) is 0 Å². The van der Waals surface area contributed by atoms with Crippen LogP contribution in [0.1, 0.15) is 53.6 Å². The maximum atomic E-state index is 12.6. The summed E-state index contributed by atoms with van der Waals surface area (Å²) in [7, 11) is 3.77. The van der Waals surface area contributed by atoms with Crippen molar-refractivity contribution in [3.63, 3.8) is 0 Å². The van der Waals surface area contributed by atoms with Gasteiger partial charge < -0.3 is 29.5 Å². The summed E-state index contributed by atoms with van der Waals surface area (Å²) in [5.41, 5.74) is 2.81. The Labute approximate surface area is 221 Å². The van der Waals surface area contributed by atoms with Crippen LogP contribution in [0.5, 0.6) is 11.5 Å². The Bertz CT molecular complexity index is 1270. The molecule has 38 heavy (non-hydrogen) atoms. The predicted octanol–water partition coefficient (Wildman–Crippen LogP) is 3.91. The van der Waals surface area contributed by atoms with Crippen molar-refractivity contribution in [1.29, 1.82) is 0 Å². The molecule has 0 saturated heterocycles. The van der Waals surface area contributed by atoms with Crippen LogP contribution in [0.3, 0.4) is 0 Å². The number of esters is 1. The maximum Gasteiger partial charge on any atom is 0.335 e. The largest absolute Gasteiger partial charge is 0.493 e. The van der Waals surface area contributed by atoms with Crippen molar-refractivity contribution in [1.82, 2.24) is 4.90 Å². The molecule has 5 rings (SSSR count). The van der Waals surface area contributed by atoms with Crippen molar-refractivity contribution in [2.24, 2.45) is 0 Å². The van der Waals surface area contributed by atoms with E-state index in [2.05, 4.69) is 29.4 Å². The second-order valence-corrected chi connectivity index (χ2v) is 10.2. The Morgan fingerprint density at radius 1 is 1.16 bits per heavy atom. The quantitative estimate of drug-likeness (QED) is 0.398. The van der Waals surface area contributed by atoms with E-state index >= 15 is 0 Å². The molecule has 9 heteroatoms. The molecule has 1 amide bonds. The van der Waals surface area contributed by atoms with Gasteiger partial charge in [0, 0.05) is 37.1 Å². The van der Waals surface area contributed by atoms with Crippen LogP contribution in [0.25, 0.3) is 0 Å². The highest BCUT2D eigenvalue weighted by atomic mass is 16.6. The molecule has 0 unspecified atom stereocenters. The van der Waals surface area contributed by atoms with Crippen molar-refractivity contribution in [2.45, 2.75) is 56.3 Å². The van der Waals surface area contributed by atoms with E-state index in [1.165, 1.54) is 35.4 Å². The first-order valence-electron chi connectivity index (χ1n) is 12.9. The number of amides is 1. The molecule has 2 heterocycles. The smallest absolute Gasteiger partial charge is 0.335 e. The Morgan fingerprint density at radius 3 is 2.68 bits per heavy atom. The standard InChI is InChI=1S/C29H32N2O7/c1-31-15-14-29-13-12-21(16-23(29)38-27-22(36-2)11-8-19(17-31)26(27)29)37-25(33)5-3-4-24(32)30-20-9-6-18(7-10-20)28(34)35/h6-13,21,23H,3-5,14-17H2,1-2H3,(H,30,32)(H,34,35)/t21-,23-,29-/m0/s1. The molecule has 1 aliphatic carbocycles. The molecule has 3 atom stereocenters. The fourth-order valence-electron chi connectivity index (χ4n) is 5.69. The predicted molar refractivity (Wildman–Crippen MR) is 140 cm³/mol. The molecule has 0 saturated carbocycles. The van der Waals surface area contributed by atoms with E-state index in [1.807, 2.05) is 12.1 Å². The van der Waals surface area contributed by atoms with E-state index in [1.54, 1.807) is 7.11 Å². The number of anilines is 1. The lowest BCUT2D eigenvalue weighted by Gasteiger charge is -2.36. The number of nitrogens with zero attached hydrogens (tertiary/aromatic N) is 1. The van der Waals surface area contributed by atoms with Crippen LogP contribution in [0.4, 0.5) is 5.69 Å². The number of hydrogen-bond acceptors (Lipinski definition) is 7. The molecule has 0 radical (unpaired) electrons. The van der Waals surface area contributed by atoms with Gasteiger partial charge >= 0.3 is 11.9 Å². The number of methoxy groups -OCH3 is 1. The van der Waals surface area contributed by atoms with Gasteiger partial charge in [0.15, 0.2) is 11.5 Å². The van der Waals surface area contributed by atoms with E-state index < -0.39 is 12.1 Å². The number of carboxylic acid groups (broad SMARTS) is 1. The number of rotatable bonds is 8. The lowest BCUT2D eigenvalue weighted by Crippen LogP contribution is -2.43. The third-order valence-electron chi connectivity index (χ3n) is 7.61.